The fraction of sp³-hybridized carbons (Fsp3) is 0.474. The maximum atomic E-state index is 11.2. The lowest BCUT2D eigenvalue weighted by Crippen LogP contribution is -2.12. The number of rotatable bonds is 4. The van der Waals surface area contributed by atoms with E-state index in [9.17, 15) is 9.90 Å². The molecule has 1 atom stereocenters. The number of fused-ring (bicyclic) bond motifs is 1. The van der Waals surface area contributed by atoms with E-state index in [1.54, 1.807) is 0 Å². The van der Waals surface area contributed by atoms with Gasteiger partial charge >= 0.3 is 5.97 Å². The van der Waals surface area contributed by atoms with Crippen molar-refractivity contribution in [1.29, 1.82) is 0 Å². The third-order valence-corrected chi connectivity index (χ3v) is 4.60. The quantitative estimate of drug-likeness (QED) is 0.904. The normalized spacial score (nSPS) is 16.7. The monoisotopic (exact) mass is 297 g/mol. The molecule has 3 heteroatoms. The van der Waals surface area contributed by atoms with Crippen LogP contribution in [0, 0.1) is 5.92 Å². The van der Waals surface area contributed by atoms with Crippen LogP contribution < -0.4 is 0 Å². The van der Waals surface area contributed by atoms with Gasteiger partial charge in [0.1, 0.15) is 0 Å². The summed E-state index contributed by atoms with van der Waals surface area (Å²) < 4.78 is 0. The van der Waals surface area contributed by atoms with Crippen molar-refractivity contribution in [2.45, 2.75) is 51.4 Å². The first-order chi connectivity index (χ1) is 10.4. The zero-order chi connectivity index (χ0) is 15.9. The number of carboxylic acids is 1. The predicted octanol–water partition coefficient (Wildman–Crippen LogP) is 4.50. The van der Waals surface area contributed by atoms with Crippen molar-refractivity contribution >= 4 is 16.7 Å². The summed E-state index contributed by atoms with van der Waals surface area (Å²) in [6.07, 6.45) is 6.35. The van der Waals surface area contributed by atoms with Crippen LogP contribution >= 0.6 is 0 Å². The maximum Gasteiger partial charge on any atom is 0.303 e. The van der Waals surface area contributed by atoms with Crippen molar-refractivity contribution in [2.24, 2.45) is 5.92 Å². The topological polar surface area (TPSA) is 50.2 Å². The third-order valence-electron chi connectivity index (χ3n) is 4.60. The smallest absolute Gasteiger partial charge is 0.303 e. The van der Waals surface area contributed by atoms with Crippen LogP contribution in [-0.4, -0.2) is 16.1 Å². The summed E-state index contributed by atoms with van der Waals surface area (Å²) in [7, 11) is 0. The number of nitrogens with zero attached hydrogens (tertiary/aromatic N) is 1. The molecule has 1 aliphatic carbocycles. The number of carboxylic acid groups (broad SMARTS) is 1. The number of benzene rings is 1. The van der Waals surface area contributed by atoms with Crippen LogP contribution in [0.15, 0.2) is 30.6 Å². The Morgan fingerprint density at radius 2 is 2.05 bits per heavy atom. The van der Waals surface area contributed by atoms with E-state index >= 15 is 0 Å². The van der Waals surface area contributed by atoms with Gasteiger partial charge in [-0.3, -0.25) is 9.78 Å². The fourth-order valence-electron chi connectivity index (χ4n) is 3.27. The van der Waals surface area contributed by atoms with Crippen molar-refractivity contribution < 1.29 is 9.90 Å². The molecule has 1 unspecified atom stereocenters. The minimum Gasteiger partial charge on any atom is -0.481 e. The molecule has 3 nitrogen and oxygen atoms in total. The van der Waals surface area contributed by atoms with Crippen molar-refractivity contribution in [2.75, 3.05) is 0 Å². The van der Waals surface area contributed by atoms with Gasteiger partial charge in [0.15, 0.2) is 0 Å². The molecule has 0 bridgehead atoms. The first kappa shape index (κ1) is 15.0. The van der Waals surface area contributed by atoms with Crippen LogP contribution in [0.3, 0.4) is 0 Å². The van der Waals surface area contributed by atoms with E-state index in [4.69, 9.17) is 0 Å². The van der Waals surface area contributed by atoms with E-state index in [0.29, 0.717) is 5.92 Å². The number of aromatic nitrogens is 1. The molecule has 116 valence electrons. The summed E-state index contributed by atoms with van der Waals surface area (Å²) in [5.74, 6) is -0.0361. The van der Waals surface area contributed by atoms with E-state index in [0.717, 1.165) is 23.8 Å². The molecule has 1 N–H and O–H groups in total. The van der Waals surface area contributed by atoms with Crippen molar-refractivity contribution in [3.05, 3.63) is 41.7 Å². The number of hydrogen-bond donors (Lipinski definition) is 1. The predicted molar refractivity (Wildman–Crippen MR) is 88.2 cm³/mol. The molecule has 0 saturated heterocycles. The highest BCUT2D eigenvalue weighted by Gasteiger charge is 2.33. The maximum absolute atomic E-state index is 11.2. The molecule has 2 aromatic rings. The van der Waals surface area contributed by atoms with Gasteiger partial charge in [0.25, 0.3) is 0 Å². The van der Waals surface area contributed by atoms with Gasteiger partial charge in [-0.1, -0.05) is 32.9 Å². The number of aliphatic carboxylic acids is 1. The van der Waals surface area contributed by atoms with Gasteiger partial charge in [-0.15, -0.1) is 0 Å². The van der Waals surface area contributed by atoms with Gasteiger partial charge in [0.2, 0.25) is 0 Å². The molecule has 22 heavy (non-hydrogen) atoms. The third kappa shape index (κ3) is 2.99. The Bertz CT molecular complexity index is 711. The van der Waals surface area contributed by atoms with E-state index < -0.39 is 5.97 Å². The summed E-state index contributed by atoms with van der Waals surface area (Å²) >= 11 is 0. The molecule has 0 aliphatic heterocycles. The molecule has 1 fully saturated rings. The van der Waals surface area contributed by atoms with Gasteiger partial charge in [-0.05, 0) is 52.7 Å². The van der Waals surface area contributed by atoms with Crippen molar-refractivity contribution in [1.82, 2.24) is 4.98 Å². The van der Waals surface area contributed by atoms with Gasteiger partial charge in [-0.25, -0.2) is 0 Å². The van der Waals surface area contributed by atoms with E-state index in [1.807, 2.05) is 12.4 Å². The number of hydrogen-bond acceptors (Lipinski definition) is 2. The Labute approximate surface area is 131 Å². The molecule has 1 heterocycles. The van der Waals surface area contributed by atoms with E-state index in [2.05, 4.69) is 44.0 Å². The summed E-state index contributed by atoms with van der Waals surface area (Å²) in [6.45, 7) is 6.57. The van der Waals surface area contributed by atoms with Crippen LogP contribution in [0.5, 0.6) is 0 Å². The lowest BCUT2D eigenvalue weighted by atomic mass is 9.83. The van der Waals surface area contributed by atoms with E-state index in [-0.39, 0.29) is 17.8 Å². The lowest BCUT2D eigenvalue weighted by Gasteiger charge is -2.22. The highest BCUT2D eigenvalue weighted by atomic mass is 16.4. The fourth-order valence-corrected chi connectivity index (χ4v) is 3.27. The Kier molecular flexibility index (Phi) is 3.67. The van der Waals surface area contributed by atoms with Gasteiger partial charge in [0, 0.05) is 17.8 Å². The Morgan fingerprint density at radius 3 is 2.64 bits per heavy atom. The second kappa shape index (κ2) is 5.38. The Balaban J connectivity index is 2.04. The van der Waals surface area contributed by atoms with Crippen LogP contribution in [0.25, 0.3) is 10.8 Å². The molecular formula is C19H23NO2. The Morgan fingerprint density at radius 1 is 1.32 bits per heavy atom. The minimum absolute atomic E-state index is 0.0466. The number of carbonyl (C=O) groups is 1. The summed E-state index contributed by atoms with van der Waals surface area (Å²) in [5.41, 5.74) is 2.42. The largest absolute Gasteiger partial charge is 0.481 e. The summed E-state index contributed by atoms with van der Waals surface area (Å²) in [6, 6.07) is 6.40. The molecule has 0 radical (unpaired) electrons. The lowest BCUT2D eigenvalue weighted by molar-refractivity contribution is -0.137. The summed E-state index contributed by atoms with van der Waals surface area (Å²) in [5, 5.41) is 11.5. The zero-order valence-electron chi connectivity index (χ0n) is 13.5. The van der Waals surface area contributed by atoms with E-state index in [1.165, 1.54) is 10.9 Å². The van der Waals surface area contributed by atoms with Gasteiger partial charge < -0.3 is 5.11 Å². The molecule has 3 rings (SSSR count). The van der Waals surface area contributed by atoms with Crippen molar-refractivity contribution in [3.63, 3.8) is 0 Å². The number of pyridine rings is 1. The second-order valence-electron chi connectivity index (χ2n) is 7.46. The van der Waals surface area contributed by atoms with Crippen LogP contribution in [0.4, 0.5) is 0 Å². The van der Waals surface area contributed by atoms with Crippen LogP contribution in [0.2, 0.25) is 0 Å². The molecule has 1 aliphatic rings. The standard InChI is InChI=1S/C19H23NO2/c1-19(2,3)17-11-20-10-14-8-13(6-7-15(14)17)16(9-18(21)22)12-4-5-12/h6-8,10-12,16H,4-5,9H2,1-3H3,(H,21,22). The van der Waals surface area contributed by atoms with Crippen molar-refractivity contribution in [3.8, 4) is 0 Å². The molecule has 0 amide bonds. The average Bonchev–Trinajstić information content (AvgIpc) is 3.26. The molecule has 1 aromatic heterocycles. The van der Waals surface area contributed by atoms with Crippen LogP contribution in [-0.2, 0) is 10.2 Å². The van der Waals surface area contributed by atoms with Gasteiger partial charge in [0.05, 0.1) is 6.42 Å². The highest BCUT2D eigenvalue weighted by Crippen LogP contribution is 2.45. The first-order valence-electron chi connectivity index (χ1n) is 7.96. The minimum atomic E-state index is -0.710. The molecule has 1 saturated carbocycles. The molecule has 1 aromatic carbocycles. The molecule has 0 spiro atoms. The summed E-state index contributed by atoms with van der Waals surface area (Å²) in [4.78, 5) is 15.5. The average molecular weight is 297 g/mol. The second-order valence-corrected chi connectivity index (χ2v) is 7.46. The molecular weight excluding hydrogens is 274 g/mol. The highest BCUT2D eigenvalue weighted by molar-refractivity contribution is 5.86. The SMILES string of the molecule is CC(C)(C)c1cncc2cc(C(CC(=O)O)C3CC3)ccc12. The Hall–Kier alpha value is -1.90. The zero-order valence-corrected chi connectivity index (χ0v) is 13.5. The van der Waals surface area contributed by atoms with Gasteiger partial charge in [-0.2, -0.15) is 0 Å². The van der Waals surface area contributed by atoms with Crippen LogP contribution in [0.1, 0.15) is 57.1 Å². The first-order valence-corrected chi connectivity index (χ1v) is 7.96.